The number of benzene rings is 1. The highest BCUT2D eigenvalue weighted by atomic mass is 32.1. The van der Waals surface area contributed by atoms with E-state index in [-0.39, 0.29) is 5.56 Å². The average Bonchev–Trinajstić information content (AvgIpc) is 2.70. The fraction of sp³-hybridized carbons (Fsp3) is 0.348. The molecule has 0 bridgehead atoms. The van der Waals surface area contributed by atoms with Crippen LogP contribution in [-0.4, -0.2) is 26.5 Å². The van der Waals surface area contributed by atoms with Gasteiger partial charge in [0.05, 0.1) is 6.54 Å². The van der Waals surface area contributed by atoms with Gasteiger partial charge >= 0.3 is 0 Å². The number of hydrogen-bond donors (Lipinski definition) is 2. The second kappa shape index (κ2) is 9.65. The monoisotopic (exact) mass is 408 g/mol. The van der Waals surface area contributed by atoms with Crippen molar-refractivity contribution >= 4 is 28.2 Å². The maximum Gasteiger partial charge on any atom is 0.253 e. The van der Waals surface area contributed by atoms with Crippen LogP contribution in [0, 0.1) is 13.8 Å². The number of aromatic nitrogens is 2. The molecular formula is C23H28N4OS. The molecule has 0 amide bonds. The first kappa shape index (κ1) is 21.0. The summed E-state index contributed by atoms with van der Waals surface area (Å²) in [4.78, 5) is 22.0. The second-order valence-corrected chi connectivity index (χ2v) is 7.84. The molecule has 3 rings (SSSR count). The molecule has 0 aliphatic heterocycles. The van der Waals surface area contributed by atoms with E-state index in [9.17, 15) is 4.79 Å². The first-order chi connectivity index (χ1) is 14.0. The Morgan fingerprint density at radius 3 is 2.72 bits per heavy atom. The topological polar surface area (TPSA) is 61.0 Å². The Hall–Kier alpha value is -2.73. The minimum absolute atomic E-state index is 0.0757. The average molecular weight is 409 g/mol. The van der Waals surface area contributed by atoms with Crippen LogP contribution in [-0.2, 0) is 13.1 Å². The number of aryl methyl sites for hydroxylation is 2. The van der Waals surface area contributed by atoms with Crippen LogP contribution in [0.15, 0.2) is 47.5 Å². The van der Waals surface area contributed by atoms with Gasteiger partial charge < -0.3 is 15.2 Å². The standard InChI is InChI=1S/C23H28N4OS/c1-4-5-9-25-23(29)27(14-18-7-6-8-24-13-18)15-20-12-19-10-16(2)17(3)11-21(19)26-22(20)28/h6-8,10-13H,4-5,9,14-15H2,1-3H3,(H,25,29)(H,26,28). The highest BCUT2D eigenvalue weighted by Gasteiger charge is 2.14. The van der Waals surface area contributed by atoms with Crippen molar-refractivity contribution in [1.29, 1.82) is 0 Å². The van der Waals surface area contributed by atoms with Crippen molar-refractivity contribution in [3.05, 3.63) is 75.3 Å². The molecule has 0 fully saturated rings. The Morgan fingerprint density at radius 1 is 1.21 bits per heavy atom. The summed E-state index contributed by atoms with van der Waals surface area (Å²) >= 11 is 5.65. The van der Waals surface area contributed by atoms with Gasteiger partial charge in [0.25, 0.3) is 5.56 Å². The number of fused-ring (bicyclic) bond motifs is 1. The summed E-state index contributed by atoms with van der Waals surface area (Å²) in [5, 5.41) is 5.01. The van der Waals surface area contributed by atoms with Gasteiger partial charge in [0.2, 0.25) is 0 Å². The van der Waals surface area contributed by atoms with Crippen molar-refractivity contribution in [1.82, 2.24) is 20.2 Å². The molecule has 152 valence electrons. The maximum absolute atomic E-state index is 12.7. The molecule has 3 aromatic rings. The van der Waals surface area contributed by atoms with Crippen LogP contribution in [0.3, 0.4) is 0 Å². The minimum atomic E-state index is -0.0757. The smallest absolute Gasteiger partial charge is 0.253 e. The van der Waals surface area contributed by atoms with Crippen LogP contribution in [0.25, 0.3) is 10.9 Å². The van der Waals surface area contributed by atoms with Crippen LogP contribution in [0.4, 0.5) is 0 Å². The van der Waals surface area contributed by atoms with Gasteiger partial charge in [-0.15, -0.1) is 0 Å². The van der Waals surface area contributed by atoms with Crippen LogP contribution >= 0.6 is 12.2 Å². The molecule has 0 radical (unpaired) electrons. The van der Waals surface area contributed by atoms with Gasteiger partial charge in [0.1, 0.15) is 0 Å². The zero-order chi connectivity index (χ0) is 20.8. The molecule has 2 heterocycles. The van der Waals surface area contributed by atoms with Crippen LogP contribution in [0.1, 0.15) is 42.0 Å². The lowest BCUT2D eigenvalue weighted by Gasteiger charge is -2.26. The van der Waals surface area contributed by atoms with E-state index in [4.69, 9.17) is 12.2 Å². The van der Waals surface area contributed by atoms with E-state index in [0.29, 0.717) is 23.8 Å². The fourth-order valence-electron chi connectivity index (χ4n) is 3.24. The summed E-state index contributed by atoms with van der Waals surface area (Å²) in [5.41, 5.74) is 4.91. The molecule has 2 aromatic heterocycles. The molecule has 0 saturated heterocycles. The Balaban J connectivity index is 1.89. The summed E-state index contributed by atoms with van der Waals surface area (Å²) in [6, 6.07) is 10.1. The summed E-state index contributed by atoms with van der Waals surface area (Å²) in [7, 11) is 0. The third-order valence-corrected chi connectivity index (χ3v) is 5.49. The summed E-state index contributed by atoms with van der Waals surface area (Å²) in [6.45, 7) is 8.14. The third kappa shape index (κ3) is 5.41. The number of rotatable bonds is 7. The van der Waals surface area contributed by atoms with Gasteiger partial charge in [-0.1, -0.05) is 19.4 Å². The van der Waals surface area contributed by atoms with E-state index < -0.39 is 0 Å². The first-order valence-corrected chi connectivity index (χ1v) is 10.4. The molecule has 1 aromatic carbocycles. The van der Waals surface area contributed by atoms with Crippen LogP contribution < -0.4 is 10.9 Å². The highest BCUT2D eigenvalue weighted by Crippen LogP contribution is 2.18. The number of pyridine rings is 2. The highest BCUT2D eigenvalue weighted by molar-refractivity contribution is 7.80. The van der Waals surface area contributed by atoms with E-state index >= 15 is 0 Å². The third-order valence-electron chi connectivity index (χ3n) is 5.09. The zero-order valence-corrected chi connectivity index (χ0v) is 18.1. The fourth-order valence-corrected chi connectivity index (χ4v) is 3.47. The first-order valence-electron chi connectivity index (χ1n) is 10.0. The Kier molecular flexibility index (Phi) is 6.99. The lowest BCUT2D eigenvalue weighted by atomic mass is 10.0. The van der Waals surface area contributed by atoms with Gasteiger partial charge in [-0.2, -0.15) is 0 Å². The number of nitrogens with one attached hydrogen (secondary N) is 2. The van der Waals surface area contributed by atoms with E-state index in [1.54, 1.807) is 6.20 Å². The van der Waals surface area contributed by atoms with E-state index in [2.05, 4.69) is 42.1 Å². The van der Waals surface area contributed by atoms with Crippen molar-refractivity contribution in [3.8, 4) is 0 Å². The van der Waals surface area contributed by atoms with E-state index in [1.807, 2.05) is 35.4 Å². The Labute approximate surface area is 177 Å². The van der Waals surface area contributed by atoms with Crippen molar-refractivity contribution in [2.75, 3.05) is 6.54 Å². The van der Waals surface area contributed by atoms with Crippen molar-refractivity contribution in [3.63, 3.8) is 0 Å². The van der Waals surface area contributed by atoms with Gasteiger partial charge in [0, 0.05) is 36.6 Å². The maximum atomic E-state index is 12.7. The number of thiocarbonyl (C=S) groups is 1. The summed E-state index contributed by atoms with van der Waals surface area (Å²) < 4.78 is 0. The van der Waals surface area contributed by atoms with Gasteiger partial charge in [-0.25, -0.2) is 0 Å². The molecular weight excluding hydrogens is 380 g/mol. The van der Waals surface area contributed by atoms with E-state index in [0.717, 1.165) is 35.9 Å². The van der Waals surface area contributed by atoms with Gasteiger partial charge in [0.15, 0.2) is 5.11 Å². The normalized spacial score (nSPS) is 10.9. The molecule has 0 spiro atoms. The summed E-state index contributed by atoms with van der Waals surface area (Å²) in [5.74, 6) is 0. The number of nitrogens with zero attached hydrogens (tertiary/aromatic N) is 2. The molecule has 0 unspecified atom stereocenters. The molecule has 6 heteroatoms. The van der Waals surface area contributed by atoms with Crippen molar-refractivity contribution < 1.29 is 0 Å². The summed E-state index contributed by atoms with van der Waals surface area (Å²) in [6.07, 6.45) is 5.74. The molecule has 0 aliphatic rings. The molecule has 0 aliphatic carbocycles. The SMILES string of the molecule is CCCCNC(=S)N(Cc1cccnc1)Cc1cc2cc(C)c(C)cc2[nH]c1=O. The molecule has 2 N–H and O–H groups in total. The Bertz CT molecular complexity index is 1050. The van der Waals surface area contributed by atoms with Crippen LogP contribution in [0.5, 0.6) is 0 Å². The zero-order valence-electron chi connectivity index (χ0n) is 17.3. The minimum Gasteiger partial charge on any atom is -0.363 e. The van der Waals surface area contributed by atoms with Crippen LogP contribution in [0.2, 0.25) is 0 Å². The predicted molar refractivity (Wildman–Crippen MR) is 123 cm³/mol. The number of hydrogen-bond acceptors (Lipinski definition) is 3. The number of unbranched alkanes of at least 4 members (excludes halogenated alkanes) is 1. The number of aromatic amines is 1. The van der Waals surface area contributed by atoms with Crippen molar-refractivity contribution in [2.45, 2.75) is 46.7 Å². The molecule has 29 heavy (non-hydrogen) atoms. The molecule has 5 nitrogen and oxygen atoms in total. The van der Waals surface area contributed by atoms with Gasteiger partial charge in [-0.3, -0.25) is 9.78 Å². The second-order valence-electron chi connectivity index (χ2n) is 7.45. The largest absolute Gasteiger partial charge is 0.363 e. The van der Waals surface area contributed by atoms with Crippen molar-refractivity contribution in [2.24, 2.45) is 0 Å². The predicted octanol–water partition coefficient (Wildman–Crippen LogP) is 4.22. The number of H-pyrrole nitrogens is 1. The van der Waals surface area contributed by atoms with Gasteiger partial charge in [-0.05, 0) is 78.8 Å². The van der Waals surface area contributed by atoms with E-state index in [1.165, 1.54) is 11.1 Å². The molecule has 0 saturated carbocycles. The quantitative estimate of drug-likeness (QED) is 0.453. The Morgan fingerprint density at radius 2 is 2.00 bits per heavy atom. The lowest BCUT2D eigenvalue weighted by Crippen LogP contribution is -2.40. The molecule has 0 atom stereocenters. The lowest BCUT2D eigenvalue weighted by molar-refractivity contribution is 0.396.